The minimum Gasteiger partial charge on any atom is -0.378 e. The zero-order chi connectivity index (χ0) is 18.1. The Morgan fingerprint density at radius 3 is 2.30 bits per heavy atom. The van der Waals surface area contributed by atoms with Crippen LogP contribution < -0.4 is 9.80 Å². The minimum atomic E-state index is 0.688. The number of aromatic nitrogens is 4. The molecular formula is C20H24N6O. The van der Waals surface area contributed by atoms with Gasteiger partial charge in [-0.1, -0.05) is 12.1 Å². The van der Waals surface area contributed by atoms with Gasteiger partial charge in [-0.05, 0) is 31.4 Å². The van der Waals surface area contributed by atoms with Crippen LogP contribution in [-0.4, -0.2) is 58.9 Å². The Morgan fingerprint density at radius 1 is 0.815 bits per heavy atom. The molecule has 0 amide bonds. The number of nitrogens with zero attached hydrogens (tertiary/aromatic N) is 6. The Balaban J connectivity index is 1.60. The Hall–Kier alpha value is -2.67. The van der Waals surface area contributed by atoms with E-state index in [1.807, 2.05) is 29.1 Å². The summed E-state index contributed by atoms with van der Waals surface area (Å²) in [4.78, 5) is 19.0. The number of imidazole rings is 1. The van der Waals surface area contributed by atoms with Crippen molar-refractivity contribution in [2.24, 2.45) is 0 Å². The van der Waals surface area contributed by atoms with Gasteiger partial charge in [0.05, 0.1) is 24.2 Å². The molecule has 0 bridgehead atoms. The van der Waals surface area contributed by atoms with Gasteiger partial charge in [0, 0.05) is 32.2 Å². The van der Waals surface area contributed by atoms with E-state index in [0.29, 0.717) is 5.95 Å². The molecule has 27 heavy (non-hydrogen) atoms. The smallest absolute Gasteiger partial charge is 0.239 e. The highest BCUT2D eigenvalue weighted by Crippen LogP contribution is 2.25. The minimum absolute atomic E-state index is 0.688. The van der Waals surface area contributed by atoms with Gasteiger partial charge in [0.2, 0.25) is 5.95 Å². The molecule has 0 atom stereocenters. The molecule has 0 radical (unpaired) electrons. The number of fused-ring (bicyclic) bond motifs is 1. The molecule has 0 aliphatic carbocycles. The van der Waals surface area contributed by atoms with E-state index in [9.17, 15) is 0 Å². The van der Waals surface area contributed by atoms with Crippen molar-refractivity contribution >= 4 is 22.7 Å². The van der Waals surface area contributed by atoms with Crippen molar-refractivity contribution in [2.45, 2.75) is 19.3 Å². The monoisotopic (exact) mass is 364 g/mol. The summed E-state index contributed by atoms with van der Waals surface area (Å²) in [6.45, 7) is 5.33. The zero-order valence-corrected chi connectivity index (χ0v) is 15.4. The number of ether oxygens (including phenoxy) is 1. The second-order valence-electron chi connectivity index (χ2n) is 7.13. The number of para-hydroxylation sites is 2. The van der Waals surface area contributed by atoms with Crippen LogP contribution in [0.5, 0.6) is 0 Å². The quantitative estimate of drug-likeness (QED) is 0.712. The first kappa shape index (κ1) is 16.5. The van der Waals surface area contributed by atoms with Crippen LogP contribution in [0.25, 0.3) is 17.0 Å². The molecule has 5 rings (SSSR count). The second-order valence-corrected chi connectivity index (χ2v) is 7.13. The molecule has 0 unspecified atom stereocenters. The summed E-state index contributed by atoms with van der Waals surface area (Å²) in [6.07, 6.45) is 5.57. The summed E-state index contributed by atoms with van der Waals surface area (Å²) in [7, 11) is 0. The predicted octanol–water partition coefficient (Wildman–Crippen LogP) is 2.64. The van der Waals surface area contributed by atoms with E-state index in [2.05, 4.69) is 26.9 Å². The van der Waals surface area contributed by atoms with Gasteiger partial charge in [0.15, 0.2) is 0 Å². The lowest BCUT2D eigenvalue weighted by atomic mass is 10.1. The maximum Gasteiger partial charge on any atom is 0.239 e. The largest absolute Gasteiger partial charge is 0.378 e. The fourth-order valence-electron chi connectivity index (χ4n) is 3.88. The van der Waals surface area contributed by atoms with E-state index in [-0.39, 0.29) is 0 Å². The Kier molecular flexibility index (Phi) is 4.37. The van der Waals surface area contributed by atoms with Crippen LogP contribution in [0.3, 0.4) is 0 Å². The van der Waals surface area contributed by atoms with Crippen molar-refractivity contribution in [3.63, 3.8) is 0 Å². The van der Waals surface area contributed by atoms with Crippen molar-refractivity contribution in [3.05, 3.63) is 36.7 Å². The lowest BCUT2D eigenvalue weighted by Crippen LogP contribution is -2.37. The van der Waals surface area contributed by atoms with Crippen LogP contribution in [0.2, 0.25) is 0 Å². The average Bonchev–Trinajstić information content (AvgIpc) is 3.19. The summed E-state index contributed by atoms with van der Waals surface area (Å²) in [5.41, 5.74) is 1.98. The summed E-state index contributed by atoms with van der Waals surface area (Å²) < 4.78 is 7.51. The Morgan fingerprint density at radius 2 is 1.52 bits per heavy atom. The molecule has 140 valence electrons. The van der Waals surface area contributed by atoms with Crippen LogP contribution in [0.1, 0.15) is 19.3 Å². The molecule has 1 aromatic carbocycles. The third kappa shape index (κ3) is 3.23. The van der Waals surface area contributed by atoms with Crippen LogP contribution in [-0.2, 0) is 4.74 Å². The molecule has 2 fully saturated rings. The number of hydrogen-bond acceptors (Lipinski definition) is 6. The van der Waals surface area contributed by atoms with E-state index < -0.39 is 0 Å². The highest BCUT2D eigenvalue weighted by atomic mass is 16.5. The summed E-state index contributed by atoms with van der Waals surface area (Å²) in [5, 5.41) is 0. The van der Waals surface area contributed by atoms with Gasteiger partial charge in [-0.2, -0.15) is 9.97 Å². The van der Waals surface area contributed by atoms with Crippen molar-refractivity contribution < 1.29 is 4.74 Å². The van der Waals surface area contributed by atoms with Gasteiger partial charge in [-0.3, -0.25) is 4.57 Å². The molecule has 2 aliphatic heterocycles. The molecule has 0 saturated carbocycles. The fraction of sp³-hybridized carbons (Fsp3) is 0.450. The first-order chi connectivity index (χ1) is 13.4. The van der Waals surface area contributed by atoms with Gasteiger partial charge in [0.25, 0.3) is 0 Å². The second kappa shape index (κ2) is 7.15. The van der Waals surface area contributed by atoms with Gasteiger partial charge in [-0.15, -0.1) is 0 Å². The van der Waals surface area contributed by atoms with Crippen molar-refractivity contribution in [1.29, 1.82) is 0 Å². The maximum absolute atomic E-state index is 5.52. The van der Waals surface area contributed by atoms with Crippen LogP contribution in [0.4, 0.5) is 11.6 Å². The van der Waals surface area contributed by atoms with E-state index in [1.165, 1.54) is 19.3 Å². The molecular weight excluding hydrogens is 340 g/mol. The summed E-state index contributed by atoms with van der Waals surface area (Å²) in [5.74, 6) is 2.67. The van der Waals surface area contributed by atoms with Gasteiger partial charge < -0.3 is 14.5 Å². The number of piperidine rings is 1. The maximum atomic E-state index is 5.52. The fourth-order valence-corrected chi connectivity index (χ4v) is 3.88. The number of hydrogen-bond donors (Lipinski definition) is 0. The topological polar surface area (TPSA) is 59.3 Å². The van der Waals surface area contributed by atoms with E-state index in [1.54, 1.807) is 0 Å². The van der Waals surface area contributed by atoms with E-state index >= 15 is 0 Å². The number of benzene rings is 1. The Bertz CT molecular complexity index is 891. The first-order valence-corrected chi connectivity index (χ1v) is 9.78. The molecule has 0 spiro atoms. The third-order valence-corrected chi connectivity index (χ3v) is 5.37. The highest BCUT2D eigenvalue weighted by molar-refractivity contribution is 5.76. The van der Waals surface area contributed by atoms with Gasteiger partial charge in [-0.25, -0.2) is 4.98 Å². The number of rotatable bonds is 3. The normalized spacial score (nSPS) is 18.2. The van der Waals surface area contributed by atoms with Crippen molar-refractivity contribution in [3.8, 4) is 5.95 Å². The summed E-state index contributed by atoms with van der Waals surface area (Å²) in [6, 6.07) is 10.2. The van der Waals surface area contributed by atoms with Crippen LogP contribution >= 0.6 is 0 Å². The van der Waals surface area contributed by atoms with Crippen molar-refractivity contribution in [2.75, 3.05) is 49.2 Å². The molecule has 7 heteroatoms. The Labute approximate surface area is 158 Å². The van der Waals surface area contributed by atoms with E-state index in [4.69, 9.17) is 14.7 Å². The number of anilines is 2. The SMILES string of the molecule is c1ccc2c(c1)ncn2-c1nc(N2CCCCC2)cc(N2CCOCC2)n1. The molecule has 2 aromatic heterocycles. The molecule has 3 aromatic rings. The first-order valence-electron chi connectivity index (χ1n) is 9.78. The van der Waals surface area contributed by atoms with E-state index in [0.717, 1.165) is 62.1 Å². The molecule has 2 saturated heterocycles. The molecule has 4 heterocycles. The lowest BCUT2D eigenvalue weighted by Gasteiger charge is -2.31. The standard InChI is InChI=1S/C20H24N6O/c1-4-8-24(9-5-1)18-14-19(25-10-12-27-13-11-25)23-20(22-18)26-15-21-16-6-2-3-7-17(16)26/h2-3,6-7,14-15H,1,4-5,8-13H2. The van der Waals surface area contributed by atoms with Crippen molar-refractivity contribution in [1.82, 2.24) is 19.5 Å². The average molecular weight is 364 g/mol. The van der Waals surface area contributed by atoms with Crippen LogP contribution in [0.15, 0.2) is 36.7 Å². The summed E-state index contributed by atoms with van der Waals surface area (Å²) >= 11 is 0. The third-order valence-electron chi connectivity index (χ3n) is 5.37. The molecule has 0 N–H and O–H groups in total. The zero-order valence-electron chi connectivity index (χ0n) is 15.4. The molecule has 7 nitrogen and oxygen atoms in total. The highest BCUT2D eigenvalue weighted by Gasteiger charge is 2.20. The van der Waals surface area contributed by atoms with Gasteiger partial charge in [0.1, 0.15) is 18.0 Å². The molecule has 2 aliphatic rings. The van der Waals surface area contributed by atoms with Crippen LogP contribution in [0, 0.1) is 0 Å². The lowest BCUT2D eigenvalue weighted by molar-refractivity contribution is 0.122. The predicted molar refractivity (Wildman–Crippen MR) is 106 cm³/mol. The number of morpholine rings is 1. The van der Waals surface area contributed by atoms with Gasteiger partial charge >= 0.3 is 0 Å².